The largest absolute Gasteiger partial charge is 0.395 e. The van der Waals surface area contributed by atoms with Crippen molar-refractivity contribution in [2.45, 2.75) is 51.4 Å². The van der Waals surface area contributed by atoms with E-state index in [2.05, 4.69) is 18.2 Å². The zero-order valence-electron chi connectivity index (χ0n) is 18.3. The molecule has 8 nitrogen and oxygen atoms in total. The first-order valence-corrected chi connectivity index (χ1v) is 11.4. The van der Waals surface area contributed by atoms with E-state index < -0.39 is 5.56 Å². The molecule has 2 aliphatic rings. The number of hydrogen-bond acceptors (Lipinski definition) is 7. The number of rotatable bonds is 7. The number of fused-ring (bicyclic) bond motifs is 1. The van der Waals surface area contributed by atoms with Gasteiger partial charge in [0.2, 0.25) is 0 Å². The number of ether oxygens (including phenoxy) is 2. The second-order valence-electron chi connectivity index (χ2n) is 8.19. The van der Waals surface area contributed by atoms with Crippen LogP contribution >= 0.6 is 0 Å². The maximum atomic E-state index is 13.1. The van der Waals surface area contributed by atoms with Gasteiger partial charge in [0.25, 0.3) is 5.56 Å². The lowest BCUT2D eigenvalue weighted by atomic mass is 10.0. The monoisotopic (exact) mass is 438 g/mol. The molecule has 1 N–H and O–H groups in total. The van der Waals surface area contributed by atoms with E-state index in [1.165, 1.54) is 15.7 Å². The molecule has 1 unspecified atom stereocenters. The van der Waals surface area contributed by atoms with Crippen molar-refractivity contribution in [1.29, 1.82) is 5.26 Å². The first kappa shape index (κ1) is 22.5. The zero-order valence-corrected chi connectivity index (χ0v) is 18.3. The Labute approximate surface area is 188 Å². The molecule has 1 saturated heterocycles. The molecule has 1 fully saturated rings. The Morgan fingerprint density at radius 3 is 2.59 bits per heavy atom. The minimum absolute atomic E-state index is 0.0321. The van der Waals surface area contributed by atoms with Gasteiger partial charge in [-0.3, -0.25) is 9.36 Å². The van der Waals surface area contributed by atoms with Gasteiger partial charge < -0.3 is 19.5 Å². The summed E-state index contributed by atoms with van der Waals surface area (Å²) in [5.74, 6) is 0.957. The van der Waals surface area contributed by atoms with E-state index in [1.807, 2.05) is 17.0 Å². The van der Waals surface area contributed by atoms with E-state index in [0.717, 1.165) is 32.1 Å². The van der Waals surface area contributed by atoms with Crippen molar-refractivity contribution in [1.82, 2.24) is 9.55 Å². The van der Waals surface area contributed by atoms with Crippen LogP contribution in [-0.4, -0.2) is 53.9 Å². The fourth-order valence-electron chi connectivity index (χ4n) is 4.44. The molecule has 2 aromatic rings. The Morgan fingerprint density at radius 1 is 1.22 bits per heavy atom. The lowest BCUT2D eigenvalue weighted by Gasteiger charge is -2.25. The summed E-state index contributed by atoms with van der Waals surface area (Å²) in [5.41, 5.74) is 2.22. The van der Waals surface area contributed by atoms with Crippen molar-refractivity contribution in [3.63, 3.8) is 0 Å². The summed E-state index contributed by atoms with van der Waals surface area (Å²) >= 11 is 0. The van der Waals surface area contributed by atoms with Gasteiger partial charge in [-0.05, 0) is 43.2 Å². The first-order valence-electron chi connectivity index (χ1n) is 11.4. The minimum Gasteiger partial charge on any atom is -0.395 e. The molecule has 0 bridgehead atoms. The van der Waals surface area contributed by atoms with Crippen LogP contribution in [0, 0.1) is 11.3 Å². The third kappa shape index (κ3) is 5.01. The Bertz CT molecular complexity index is 997. The van der Waals surface area contributed by atoms with E-state index in [4.69, 9.17) is 14.5 Å². The quantitative estimate of drug-likeness (QED) is 0.703. The number of anilines is 1. The molecule has 2 aliphatic heterocycles. The molecule has 3 heterocycles. The van der Waals surface area contributed by atoms with Crippen molar-refractivity contribution >= 4 is 5.82 Å². The standard InChI is InChI=1S/C24H30N4O4/c25-17-20-23(27-11-8-18-5-1-2-6-19(18)9-12-27)26-21(28(13-14-29)24(20)30)10-16-32-22-7-3-4-15-31-22/h1-2,5-6,22,29H,3-4,7-16H2. The summed E-state index contributed by atoms with van der Waals surface area (Å²) in [7, 11) is 0. The number of hydrogen-bond donors (Lipinski definition) is 1. The molecule has 1 atom stereocenters. The highest BCUT2D eigenvalue weighted by Gasteiger charge is 2.23. The summed E-state index contributed by atoms with van der Waals surface area (Å²) in [6.07, 6.45) is 4.85. The molecule has 1 aromatic carbocycles. The Kier molecular flexibility index (Phi) is 7.53. The molecular weight excluding hydrogens is 408 g/mol. The van der Waals surface area contributed by atoms with Gasteiger partial charge in [-0.1, -0.05) is 24.3 Å². The molecule has 8 heteroatoms. The van der Waals surface area contributed by atoms with Crippen LogP contribution in [0.1, 0.15) is 41.8 Å². The number of aliphatic hydroxyl groups is 1. The van der Waals surface area contributed by atoms with Gasteiger partial charge in [0.05, 0.1) is 19.8 Å². The van der Waals surface area contributed by atoms with E-state index in [9.17, 15) is 15.2 Å². The maximum absolute atomic E-state index is 13.1. The number of aromatic nitrogens is 2. The molecule has 32 heavy (non-hydrogen) atoms. The molecule has 0 aliphatic carbocycles. The van der Waals surface area contributed by atoms with E-state index in [1.54, 1.807) is 0 Å². The van der Waals surface area contributed by atoms with Crippen molar-refractivity contribution in [2.75, 3.05) is 37.8 Å². The highest BCUT2D eigenvalue weighted by Crippen LogP contribution is 2.22. The highest BCUT2D eigenvalue weighted by atomic mass is 16.7. The van der Waals surface area contributed by atoms with Crippen LogP contribution in [0.5, 0.6) is 0 Å². The topological polar surface area (TPSA) is 101 Å². The van der Waals surface area contributed by atoms with Crippen LogP contribution in [0.3, 0.4) is 0 Å². The average molecular weight is 439 g/mol. The number of aliphatic hydroxyl groups excluding tert-OH is 1. The Balaban J connectivity index is 1.58. The van der Waals surface area contributed by atoms with E-state index in [-0.39, 0.29) is 25.0 Å². The number of nitriles is 1. The Hall–Kier alpha value is -2.73. The minimum atomic E-state index is -0.405. The predicted octanol–water partition coefficient (Wildman–Crippen LogP) is 1.80. The first-order chi connectivity index (χ1) is 15.7. The Morgan fingerprint density at radius 2 is 1.97 bits per heavy atom. The zero-order chi connectivity index (χ0) is 22.3. The molecular formula is C24H30N4O4. The predicted molar refractivity (Wildman–Crippen MR) is 120 cm³/mol. The third-order valence-corrected chi connectivity index (χ3v) is 6.15. The van der Waals surface area contributed by atoms with Crippen LogP contribution in [0.2, 0.25) is 0 Å². The van der Waals surface area contributed by atoms with Crippen LogP contribution in [0.15, 0.2) is 29.1 Å². The smallest absolute Gasteiger partial charge is 0.273 e. The molecule has 0 radical (unpaired) electrons. The molecule has 0 saturated carbocycles. The lowest BCUT2D eigenvalue weighted by molar-refractivity contribution is -0.161. The van der Waals surface area contributed by atoms with Gasteiger partial charge >= 0.3 is 0 Å². The van der Waals surface area contributed by atoms with Gasteiger partial charge in [0.15, 0.2) is 17.7 Å². The average Bonchev–Trinajstić information content (AvgIpc) is 3.04. The second kappa shape index (κ2) is 10.7. The summed E-state index contributed by atoms with van der Waals surface area (Å²) in [6.45, 7) is 2.34. The molecule has 170 valence electrons. The van der Waals surface area contributed by atoms with Crippen LogP contribution in [0.25, 0.3) is 0 Å². The number of nitrogens with zero attached hydrogens (tertiary/aromatic N) is 4. The van der Waals surface area contributed by atoms with Crippen LogP contribution < -0.4 is 10.5 Å². The fraction of sp³-hybridized carbons (Fsp3) is 0.542. The van der Waals surface area contributed by atoms with Crippen molar-refractivity contribution in [3.8, 4) is 6.07 Å². The van der Waals surface area contributed by atoms with Gasteiger partial charge in [0, 0.05) is 26.1 Å². The fourth-order valence-corrected chi connectivity index (χ4v) is 4.44. The van der Waals surface area contributed by atoms with E-state index in [0.29, 0.717) is 44.4 Å². The van der Waals surface area contributed by atoms with E-state index >= 15 is 0 Å². The van der Waals surface area contributed by atoms with Crippen molar-refractivity contribution in [3.05, 3.63) is 57.1 Å². The summed E-state index contributed by atoms with van der Waals surface area (Å²) in [4.78, 5) is 19.9. The van der Waals surface area contributed by atoms with Crippen molar-refractivity contribution < 1.29 is 14.6 Å². The molecule has 4 rings (SSSR count). The molecule has 0 amide bonds. The molecule has 0 spiro atoms. The number of benzene rings is 1. The summed E-state index contributed by atoms with van der Waals surface area (Å²) < 4.78 is 12.9. The summed E-state index contributed by atoms with van der Waals surface area (Å²) in [6, 6.07) is 10.4. The summed E-state index contributed by atoms with van der Waals surface area (Å²) in [5, 5.41) is 19.3. The normalized spacial score (nSPS) is 18.6. The maximum Gasteiger partial charge on any atom is 0.273 e. The molecule has 1 aromatic heterocycles. The SMILES string of the molecule is N#Cc1c(N2CCc3ccccc3CC2)nc(CCOC2CCCCO2)n(CCO)c1=O. The van der Waals surface area contributed by atoms with Gasteiger partial charge in [-0.2, -0.15) is 5.26 Å². The van der Waals surface area contributed by atoms with Gasteiger partial charge in [-0.25, -0.2) is 4.98 Å². The highest BCUT2D eigenvalue weighted by molar-refractivity contribution is 5.54. The van der Waals surface area contributed by atoms with Crippen LogP contribution in [0.4, 0.5) is 5.82 Å². The third-order valence-electron chi connectivity index (χ3n) is 6.15. The second-order valence-corrected chi connectivity index (χ2v) is 8.19. The lowest BCUT2D eigenvalue weighted by Crippen LogP contribution is -2.35. The van der Waals surface area contributed by atoms with Crippen LogP contribution in [-0.2, 0) is 35.3 Å². The van der Waals surface area contributed by atoms with Gasteiger partial charge in [-0.15, -0.1) is 0 Å². The van der Waals surface area contributed by atoms with Crippen molar-refractivity contribution in [2.24, 2.45) is 0 Å². The van der Waals surface area contributed by atoms with Gasteiger partial charge in [0.1, 0.15) is 11.9 Å².